The number of aryl methyl sites for hydroxylation is 1. The molecule has 8 heteroatoms. The van der Waals surface area contributed by atoms with E-state index < -0.39 is 0 Å². The number of hydrogen-bond acceptors (Lipinski definition) is 4. The monoisotopic (exact) mass is 545 g/mol. The highest BCUT2D eigenvalue weighted by atomic mass is 79.9. The fraction of sp³-hybridized carbons (Fsp3) is 0.143. The lowest BCUT2D eigenvalue weighted by molar-refractivity contribution is -0.117. The van der Waals surface area contributed by atoms with Crippen LogP contribution >= 0.6 is 15.9 Å². The molecule has 7 nitrogen and oxygen atoms in total. The Hall–Kier alpha value is -4.04. The standard InChI is InChI=1S/C28H24BrN3O4/c1-17-21(22-4-2-3-5-23(22)31-17)12-13-30-28(34)24(32-27(33)19-7-9-20(29)10-8-19)14-18-6-11-25-26(15-18)36-16-35-25/h2-11,14-15,31H,12-13,16H2,1H3,(H,30,34)(H,32,33)/b24-14-. The summed E-state index contributed by atoms with van der Waals surface area (Å²) in [6, 6.07) is 20.4. The smallest absolute Gasteiger partial charge is 0.267 e. The number of fused-ring (bicyclic) bond motifs is 2. The van der Waals surface area contributed by atoms with Crippen LogP contribution in [-0.2, 0) is 11.2 Å². The summed E-state index contributed by atoms with van der Waals surface area (Å²) in [5, 5.41) is 6.86. The largest absolute Gasteiger partial charge is 0.454 e. The minimum Gasteiger partial charge on any atom is -0.454 e. The average Bonchev–Trinajstić information content (AvgIpc) is 3.47. The van der Waals surface area contributed by atoms with Crippen molar-refractivity contribution in [3.8, 4) is 11.5 Å². The summed E-state index contributed by atoms with van der Waals surface area (Å²) in [6.07, 6.45) is 2.28. The van der Waals surface area contributed by atoms with E-state index in [0.29, 0.717) is 35.6 Å². The van der Waals surface area contributed by atoms with Crippen molar-refractivity contribution in [2.45, 2.75) is 13.3 Å². The van der Waals surface area contributed by atoms with Crippen LogP contribution in [0.15, 0.2) is 76.9 Å². The number of para-hydroxylation sites is 1. The molecule has 0 bridgehead atoms. The van der Waals surface area contributed by atoms with Gasteiger partial charge in [-0.2, -0.15) is 0 Å². The van der Waals surface area contributed by atoms with Crippen LogP contribution in [0.3, 0.4) is 0 Å². The molecule has 3 N–H and O–H groups in total. The maximum Gasteiger partial charge on any atom is 0.267 e. The van der Waals surface area contributed by atoms with Crippen LogP contribution in [0.25, 0.3) is 17.0 Å². The van der Waals surface area contributed by atoms with E-state index in [2.05, 4.69) is 37.6 Å². The number of ether oxygens (including phenoxy) is 2. The lowest BCUT2D eigenvalue weighted by Crippen LogP contribution is -2.35. The Balaban J connectivity index is 1.35. The van der Waals surface area contributed by atoms with E-state index in [1.54, 1.807) is 42.5 Å². The van der Waals surface area contributed by atoms with Crippen molar-refractivity contribution in [1.82, 2.24) is 15.6 Å². The summed E-state index contributed by atoms with van der Waals surface area (Å²) in [5.41, 5.74) is 4.58. The van der Waals surface area contributed by atoms with E-state index in [4.69, 9.17) is 9.47 Å². The number of carbonyl (C=O) groups excluding carboxylic acids is 2. The van der Waals surface area contributed by atoms with Crippen molar-refractivity contribution in [2.24, 2.45) is 0 Å². The van der Waals surface area contributed by atoms with E-state index in [0.717, 1.165) is 26.6 Å². The highest BCUT2D eigenvalue weighted by molar-refractivity contribution is 9.10. The summed E-state index contributed by atoms with van der Waals surface area (Å²) in [4.78, 5) is 29.5. The zero-order valence-corrected chi connectivity index (χ0v) is 21.1. The van der Waals surface area contributed by atoms with Gasteiger partial charge in [-0.1, -0.05) is 40.2 Å². The van der Waals surface area contributed by atoms with Crippen molar-refractivity contribution in [2.75, 3.05) is 13.3 Å². The minimum atomic E-state index is -0.379. The molecule has 5 rings (SSSR count). The topological polar surface area (TPSA) is 92.5 Å². The first kappa shape index (κ1) is 23.7. The van der Waals surface area contributed by atoms with Crippen LogP contribution < -0.4 is 20.1 Å². The zero-order valence-electron chi connectivity index (χ0n) is 19.6. The first-order valence-electron chi connectivity index (χ1n) is 11.5. The molecule has 1 aliphatic heterocycles. The van der Waals surface area contributed by atoms with Crippen LogP contribution in [0.1, 0.15) is 27.2 Å². The van der Waals surface area contributed by atoms with Gasteiger partial charge in [0.15, 0.2) is 11.5 Å². The summed E-state index contributed by atoms with van der Waals surface area (Å²) in [6.45, 7) is 2.60. The van der Waals surface area contributed by atoms with Gasteiger partial charge in [-0.05, 0) is 73.0 Å². The normalized spacial score (nSPS) is 12.6. The van der Waals surface area contributed by atoms with Crippen molar-refractivity contribution in [3.63, 3.8) is 0 Å². The molecule has 0 aliphatic carbocycles. The number of nitrogens with one attached hydrogen (secondary N) is 3. The lowest BCUT2D eigenvalue weighted by Gasteiger charge is -2.12. The van der Waals surface area contributed by atoms with E-state index in [1.165, 1.54) is 0 Å². The molecule has 182 valence electrons. The molecular weight excluding hydrogens is 522 g/mol. The van der Waals surface area contributed by atoms with Gasteiger partial charge in [0.2, 0.25) is 6.79 Å². The summed E-state index contributed by atoms with van der Waals surface area (Å²) < 4.78 is 11.7. The Morgan fingerprint density at radius 2 is 1.81 bits per heavy atom. The molecule has 0 saturated heterocycles. The Morgan fingerprint density at radius 1 is 1.03 bits per heavy atom. The number of H-pyrrole nitrogens is 1. The Kier molecular flexibility index (Phi) is 6.77. The second-order valence-corrected chi connectivity index (χ2v) is 9.33. The molecule has 0 fully saturated rings. The predicted octanol–water partition coefficient (Wildman–Crippen LogP) is 5.10. The van der Waals surface area contributed by atoms with Crippen LogP contribution in [0.4, 0.5) is 0 Å². The maximum atomic E-state index is 13.2. The highest BCUT2D eigenvalue weighted by Gasteiger charge is 2.17. The molecule has 1 aromatic heterocycles. The molecule has 0 saturated carbocycles. The molecule has 1 aliphatic rings. The Labute approximate surface area is 216 Å². The highest BCUT2D eigenvalue weighted by Crippen LogP contribution is 2.33. The van der Waals surface area contributed by atoms with Gasteiger partial charge >= 0.3 is 0 Å². The van der Waals surface area contributed by atoms with E-state index in [1.807, 2.05) is 31.2 Å². The van der Waals surface area contributed by atoms with Gasteiger partial charge in [-0.15, -0.1) is 0 Å². The second-order valence-electron chi connectivity index (χ2n) is 8.41. The molecule has 0 radical (unpaired) electrons. The number of halogens is 1. The predicted molar refractivity (Wildman–Crippen MR) is 142 cm³/mol. The number of amides is 2. The molecular formula is C28H24BrN3O4. The molecule has 0 atom stereocenters. The van der Waals surface area contributed by atoms with Gasteiger partial charge in [0.1, 0.15) is 5.70 Å². The fourth-order valence-corrected chi connectivity index (χ4v) is 4.44. The average molecular weight is 546 g/mol. The van der Waals surface area contributed by atoms with E-state index in [-0.39, 0.29) is 24.3 Å². The minimum absolute atomic E-state index is 0.137. The number of hydrogen-bond donors (Lipinski definition) is 3. The number of aromatic amines is 1. The Morgan fingerprint density at radius 3 is 2.64 bits per heavy atom. The number of aromatic nitrogens is 1. The molecule has 0 unspecified atom stereocenters. The van der Waals surface area contributed by atoms with Crippen LogP contribution in [0, 0.1) is 6.92 Å². The third-order valence-corrected chi connectivity index (χ3v) is 6.52. The molecule has 36 heavy (non-hydrogen) atoms. The number of rotatable bonds is 7. The molecule has 0 spiro atoms. The van der Waals surface area contributed by atoms with Crippen molar-refractivity contribution in [1.29, 1.82) is 0 Å². The Bertz CT molecular complexity index is 1470. The first-order chi connectivity index (χ1) is 17.5. The molecule has 2 amide bonds. The van der Waals surface area contributed by atoms with Gasteiger partial charge in [-0.3, -0.25) is 9.59 Å². The molecule has 4 aromatic rings. The van der Waals surface area contributed by atoms with Gasteiger partial charge in [0.05, 0.1) is 0 Å². The van der Waals surface area contributed by atoms with Gasteiger partial charge < -0.3 is 25.1 Å². The van der Waals surface area contributed by atoms with E-state index >= 15 is 0 Å². The third kappa shape index (κ3) is 5.13. The van der Waals surface area contributed by atoms with Crippen molar-refractivity contribution >= 4 is 44.7 Å². The second kappa shape index (κ2) is 10.3. The SMILES string of the molecule is Cc1[nH]c2ccccc2c1CCNC(=O)/C(=C/c1ccc2c(c1)OCO2)NC(=O)c1ccc(Br)cc1. The molecule has 3 aromatic carbocycles. The number of carbonyl (C=O) groups is 2. The third-order valence-electron chi connectivity index (χ3n) is 5.99. The quantitative estimate of drug-likeness (QED) is 0.282. The van der Waals surface area contributed by atoms with Crippen molar-refractivity contribution < 1.29 is 19.1 Å². The summed E-state index contributed by atoms with van der Waals surface area (Å²) >= 11 is 3.37. The van der Waals surface area contributed by atoms with Gasteiger partial charge in [-0.25, -0.2) is 0 Å². The van der Waals surface area contributed by atoms with Crippen LogP contribution in [0.2, 0.25) is 0 Å². The fourth-order valence-electron chi connectivity index (χ4n) is 4.18. The summed E-state index contributed by atoms with van der Waals surface area (Å²) in [7, 11) is 0. The molecule has 2 heterocycles. The van der Waals surface area contributed by atoms with Crippen LogP contribution in [-0.4, -0.2) is 30.1 Å². The zero-order chi connectivity index (χ0) is 25.1. The van der Waals surface area contributed by atoms with Crippen molar-refractivity contribution in [3.05, 3.63) is 99.3 Å². The van der Waals surface area contributed by atoms with Gasteiger partial charge in [0, 0.05) is 33.2 Å². The van der Waals surface area contributed by atoms with Crippen LogP contribution in [0.5, 0.6) is 11.5 Å². The number of benzene rings is 3. The van der Waals surface area contributed by atoms with Gasteiger partial charge in [0.25, 0.3) is 11.8 Å². The lowest BCUT2D eigenvalue weighted by atomic mass is 10.1. The van der Waals surface area contributed by atoms with E-state index in [9.17, 15) is 9.59 Å². The maximum absolute atomic E-state index is 13.2. The summed E-state index contributed by atoms with van der Waals surface area (Å²) in [5.74, 6) is 0.483. The first-order valence-corrected chi connectivity index (χ1v) is 12.3.